The molecule has 9 heteroatoms. The molecule has 3 heterocycles. The number of nitrogens with zero attached hydrogens (tertiary/aromatic N) is 6. The van der Waals surface area contributed by atoms with Gasteiger partial charge in [-0.2, -0.15) is 10.1 Å². The van der Waals surface area contributed by atoms with Crippen LogP contribution in [0.25, 0.3) is 0 Å². The van der Waals surface area contributed by atoms with E-state index in [-0.39, 0.29) is 5.95 Å². The molecule has 1 aliphatic heterocycles. The Bertz CT molecular complexity index is 915. The van der Waals surface area contributed by atoms with Gasteiger partial charge in [0.15, 0.2) is 17.5 Å². The van der Waals surface area contributed by atoms with E-state index in [1.54, 1.807) is 12.4 Å². The molecule has 0 saturated carbocycles. The third-order valence-corrected chi connectivity index (χ3v) is 4.30. The zero-order chi connectivity index (χ0) is 18.6. The summed E-state index contributed by atoms with van der Waals surface area (Å²) in [5.74, 6) is 0.0222. The first-order valence-electron chi connectivity index (χ1n) is 8.52. The Morgan fingerprint density at radius 2 is 1.67 bits per heavy atom. The number of anilines is 4. The van der Waals surface area contributed by atoms with E-state index in [9.17, 15) is 8.78 Å². The molecule has 1 N–H and O–H groups in total. The molecule has 0 bridgehead atoms. The van der Waals surface area contributed by atoms with Gasteiger partial charge in [-0.3, -0.25) is 0 Å². The lowest BCUT2D eigenvalue weighted by molar-refractivity contribution is 0.509. The normalized spacial score (nSPS) is 14.3. The van der Waals surface area contributed by atoms with Crippen molar-refractivity contribution in [2.75, 3.05) is 41.3 Å². The summed E-state index contributed by atoms with van der Waals surface area (Å²) in [4.78, 5) is 13.1. The van der Waals surface area contributed by atoms with Crippen molar-refractivity contribution in [3.8, 4) is 0 Å². The molecular formula is C18H17F2N7. The molecule has 1 aliphatic rings. The number of nitrogens with one attached hydrogen (secondary N) is 1. The molecule has 1 aromatic carbocycles. The summed E-state index contributed by atoms with van der Waals surface area (Å²) in [6.45, 7) is 3.15. The molecule has 0 aliphatic carbocycles. The summed E-state index contributed by atoms with van der Waals surface area (Å²) < 4.78 is 26.4. The van der Waals surface area contributed by atoms with Gasteiger partial charge in [0.1, 0.15) is 5.82 Å². The molecule has 0 atom stereocenters. The summed E-state index contributed by atoms with van der Waals surface area (Å²) in [5.41, 5.74) is 0.354. The molecule has 1 saturated heterocycles. The van der Waals surface area contributed by atoms with Gasteiger partial charge in [0, 0.05) is 44.1 Å². The van der Waals surface area contributed by atoms with E-state index >= 15 is 0 Å². The topological polar surface area (TPSA) is 70.1 Å². The van der Waals surface area contributed by atoms with Gasteiger partial charge in [0.25, 0.3) is 0 Å². The standard InChI is InChI=1S/C18H17F2N7/c19-14-5-4-13(11-15(14)20)23-18-24-17(12-22-25-18)27-9-7-26(8-10-27)16-3-1-2-6-21-16/h1-6,11-12H,7-10H2,(H,23,24,25). The van der Waals surface area contributed by atoms with E-state index in [1.807, 2.05) is 18.2 Å². The first-order valence-corrected chi connectivity index (χ1v) is 8.52. The fourth-order valence-corrected chi connectivity index (χ4v) is 2.91. The molecule has 1 fully saturated rings. The molecule has 3 aromatic rings. The summed E-state index contributed by atoms with van der Waals surface area (Å²) in [7, 11) is 0. The van der Waals surface area contributed by atoms with E-state index in [0.717, 1.165) is 44.1 Å². The van der Waals surface area contributed by atoms with E-state index in [1.165, 1.54) is 6.07 Å². The molecule has 2 aromatic heterocycles. The lowest BCUT2D eigenvalue weighted by atomic mass is 10.3. The number of halogens is 2. The highest BCUT2D eigenvalue weighted by Crippen LogP contribution is 2.20. The quantitative estimate of drug-likeness (QED) is 0.758. The smallest absolute Gasteiger partial charge is 0.249 e. The number of pyridine rings is 1. The lowest BCUT2D eigenvalue weighted by Gasteiger charge is -2.35. The van der Waals surface area contributed by atoms with Gasteiger partial charge in [-0.25, -0.2) is 13.8 Å². The summed E-state index contributed by atoms with van der Waals surface area (Å²) >= 11 is 0. The maximum absolute atomic E-state index is 13.3. The van der Waals surface area contributed by atoms with Crippen LogP contribution in [0.1, 0.15) is 0 Å². The number of piperazine rings is 1. The van der Waals surface area contributed by atoms with Crippen molar-refractivity contribution in [3.63, 3.8) is 0 Å². The molecular weight excluding hydrogens is 352 g/mol. The van der Waals surface area contributed by atoms with E-state index < -0.39 is 11.6 Å². The second-order valence-corrected chi connectivity index (χ2v) is 6.05. The summed E-state index contributed by atoms with van der Waals surface area (Å²) in [5, 5.41) is 10.7. The van der Waals surface area contributed by atoms with Crippen molar-refractivity contribution < 1.29 is 8.78 Å². The molecule has 0 radical (unpaired) electrons. The SMILES string of the molecule is Fc1ccc(Nc2nncc(N3CCN(c4ccccn4)CC3)n2)cc1F. The Labute approximate surface area is 154 Å². The van der Waals surface area contributed by atoms with Crippen LogP contribution in [0.15, 0.2) is 48.8 Å². The van der Waals surface area contributed by atoms with E-state index in [0.29, 0.717) is 11.5 Å². The number of rotatable bonds is 4. The van der Waals surface area contributed by atoms with Crippen molar-refractivity contribution in [3.05, 3.63) is 60.4 Å². The third-order valence-electron chi connectivity index (χ3n) is 4.30. The number of hydrogen-bond acceptors (Lipinski definition) is 7. The number of aromatic nitrogens is 4. The van der Waals surface area contributed by atoms with Crippen LogP contribution in [0.3, 0.4) is 0 Å². The highest BCUT2D eigenvalue weighted by Gasteiger charge is 2.19. The van der Waals surface area contributed by atoms with Crippen LogP contribution in [0.4, 0.5) is 32.1 Å². The van der Waals surface area contributed by atoms with Crippen LogP contribution < -0.4 is 15.1 Å². The van der Waals surface area contributed by atoms with E-state index in [2.05, 4.69) is 35.3 Å². The van der Waals surface area contributed by atoms with Gasteiger partial charge >= 0.3 is 0 Å². The Hall–Kier alpha value is -3.36. The number of hydrogen-bond donors (Lipinski definition) is 1. The Morgan fingerprint density at radius 3 is 2.37 bits per heavy atom. The fraction of sp³-hybridized carbons (Fsp3) is 0.222. The highest BCUT2D eigenvalue weighted by atomic mass is 19.2. The van der Waals surface area contributed by atoms with Gasteiger partial charge in [-0.05, 0) is 24.3 Å². The fourth-order valence-electron chi connectivity index (χ4n) is 2.91. The van der Waals surface area contributed by atoms with Gasteiger partial charge in [0.2, 0.25) is 5.95 Å². The second-order valence-electron chi connectivity index (χ2n) is 6.05. The van der Waals surface area contributed by atoms with Gasteiger partial charge < -0.3 is 15.1 Å². The van der Waals surface area contributed by atoms with Crippen molar-refractivity contribution in [2.24, 2.45) is 0 Å². The maximum atomic E-state index is 13.3. The zero-order valence-corrected chi connectivity index (χ0v) is 14.4. The molecule has 7 nitrogen and oxygen atoms in total. The molecule has 0 spiro atoms. The van der Waals surface area contributed by atoms with Crippen LogP contribution in [0.5, 0.6) is 0 Å². The minimum absolute atomic E-state index is 0.227. The third kappa shape index (κ3) is 3.91. The van der Waals surface area contributed by atoms with Gasteiger partial charge in [-0.15, -0.1) is 5.10 Å². The lowest BCUT2D eigenvalue weighted by Crippen LogP contribution is -2.47. The van der Waals surface area contributed by atoms with Crippen LogP contribution in [0, 0.1) is 11.6 Å². The summed E-state index contributed by atoms with van der Waals surface area (Å²) in [6.07, 6.45) is 3.37. The Morgan fingerprint density at radius 1 is 0.889 bits per heavy atom. The van der Waals surface area contributed by atoms with Crippen LogP contribution in [-0.2, 0) is 0 Å². The first-order chi connectivity index (χ1) is 13.2. The van der Waals surface area contributed by atoms with E-state index in [4.69, 9.17) is 0 Å². The van der Waals surface area contributed by atoms with Gasteiger partial charge in [0.05, 0.1) is 6.20 Å². The minimum Gasteiger partial charge on any atom is -0.353 e. The van der Waals surface area contributed by atoms with Crippen molar-refractivity contribution in [2.45, 2.75) is 0 Å². The molecule has 4 rings (SSSR count). The molecule has 27 heavy (non-hydrogen) atoms. The largest absolute Gasteiger partial charge is 0.353 e. The average Bonchev–Trinajstić information content (AvgIpc) is 2.72. The first kappa shape index (κ1) is 17.1. The minimum atomic E-state index is -0.935. The monoisotopic (exact) mass is 369 g/mol. The predicted molar refractivity (Wildman–Crippen MR) is 98.1 cm³/mol. The van der Waals surface area contributed by atoms with Crippen LogP contribution in [-0.4, -0.2) is 46.3 Å². The zero-order valence-electron chi connectivity index (χ0n) is 14.4. The molecule has 138 valence electrons. The second kappa shape index (κ2) is 7.48. The van der Waals surface area contributed by atoms with Crippen LogP contribution >= 0.6 is 0 Å². The highest BCUT2D eigenvalue weighted by molar-refractivity contribution is 5.54. The molecule has 0 amide bonds. The Balaban J connectivity index is 1.43. The van der Waals surface area contributed by atoms with Crippen molar-refractivity contribution >= 4 is 23.3 Å². The van der Waals surface area contributed by atoms with Crippen LogP contribution in [0.2, 0.25) is 0 Å². The Kier molecular flexibility index (Phi) is 4.73. The average molecular weight is 369 g/mol. The van der Waals surface area contributed by atoms with Crippen molar-refractivity contribution in [1.29, 1.82) is 0 Å². The maximum Gasteiger partial charge on any atom is 0.249 e. The molecule has 0 unspecified atom stereocenters. The summed E-state index contributed by atoms with van der Waals surface area (Å²) in [6, 6.07) is 9.38. The predicted octanol–water partition coefficient (Wildman–Crippen LogP) is 2.62. The number of benzene rings is 1. The van der Waals surface area contributed by atoms with Gasteiger partial charge in [-0.1, -0.05) is 6.07 Å². The van der Waals surface area contributed by atoms with Crippen molar-refractivity contribution in [1.82, 2.24) is 20.2 Å².